The molecule has 6 heteroatoms. The van der Waals surface area contributed by atoms with Gasteiger partial charge in [0.15, 0.2) is 0 Å². The maximum absolute atomic E-state index is 10.9. The van der Waals surface area contributed by atoms with Gasteiger partial charge in [-0.3, -0.25) is 0 Å². The average molecular weight is 147 g/mol. The second kappa shape index (κ2) is 4.82. The zero-order chi connectivity index (χ0) is 5.91. The van der Waals surface area contributed by atoms with E-state index in [0.717, 1.165) is 6.07 Å². The summed E-state index contributed by atoms with van der Waals surface area (Å²) in [4.78, 5) is 0. The molecule has 0 radical (unpaired) electrons. The fourth-order valence-corrected chi connectivity index (χ4v) is 0.104. The maximum atomic E-state index is 10.9. The third kappa shape index (κ3) is 10.1. The van der Waals surface area contributed by atoms with E-state index in [4.69, 9.17) is 5.26 Å². The predicted octanol–water partition coefficient (Wildman–Crippen LogP) is -1.64. The molecule has 0 N–H and O–H groups in total. The molecule has 0 amide bonds. The number of nitrogens with zero attached hydrogens (tertiary/aromatic N) is 1. The van der Waals surface area contributed by atoms with Crippen molar-refractivity contribution in [2.75, 3.05) is 0 Å². The number of nitriles is 1. The van der Waals surface area contributed by atoms with Gasteiger partial charge in [0.1, 0.15) is 0 Å². The van der Waals surface area contributed by atoms with Crippen LogP contribution in [0.2, 0.25) is 6.32 Å². The van der Waals surface area contributed by atoms with Gasteiger partial charge >= 0.3 is 58.4 Å². The van der Waals surface area contributed by atoms with Crippen molar-refractivity contribution in [1.29, 1.82) is 5.26 Å². The molecule has 0 fully saturated rings. The Morgan fingerprint density at radius 3 is 1.75 bits per heavy atom. The van der Waals surface area contributed by atoms with Crippen LogP contribution in [0.3, 0.4) is 0 Å². The molecular formula is C2H2BF3KN. The molecule has 1 nitrogen and oxygen atoms in total. The van der Waals surface area contributed by atoms with E-state index in [9.17, 15) is 12.9 Å². The molecule has 0 atom stereocenters. The molecule has 0 spiro atoms. The second-order valence-electron chi connectivity index (χ2n) is 1.07. The van der Waals surface area contributed by atoms with Gasteiger partial charge in [-0.1, -0.05) is 0 Å². The van der Waals surface area contributed by atoms with Crippen LogP contribution in [0.1, 0.15) is 0 Å². The summed E-state index contributed by atoms with van der Waals surface area (Å²) in [5, 5.41) is 7.45. The van der Waals surface area contributed by atoms with Crippen molar-refractivity contribution in [1.82, 2.24) is 0 Å². The molecule has 0 saturated heterocycles. The molecule has 0 aliphatic heterocycles. The smallest absolute Gasteiger partial charge is 0.448 e. The molecule has 0 bridgehead atoms. The van der Waals surface area contributed by atoms with Crippen LogP contribution < -0.4 is 51.4 Å². The van der Waals surface area contributed by atoms with Crippen LogP contribution in [0.15, 0.2) is 0 Å². The van der Waals surface area contributed by atoms with Gasteiger partial charge in [0.2, 0.25) is 0 Å². The molecule has 0 unspecified atom stereocenters. The minimum absolute atomic E-state index is 0. The maximum Gasteiger partial charge on any atom is 1.00 e. The Labute approximate surface area is 87.7 Å². The summed E-state index contributed by atoms with van der Waals surface area (Å²) in [6.45, 7) is -4.85. The molecular weight excluding hydrogens is 145 g/mol. The Morgan fingerprint density at radius 1 is 1.38 bits per heavy atom. The van der Waals surface area contributed by atoms with E-state index in [0.29, 0.717) is 0 Å². The first-order valence-corrected chi connectivity index (χ1v) is 1.64. The van der Waals surface area contributed by atoms with Crippen molar-refractivity contribution in [3.63, 3.8) is 0 Å². The van der Waals surface area contributed by atoms with Crippen LogP contribution in [-0.4, -0.2) is 6.98 Å². The Bertz CT molecular complexity index is 94.4. The zero-order valence-corrected chi connectivity index (χ0v) is 7.49. The SMILES string of the molecule is N#CC[B-](F)(F)F.[K+]. The first-order chi connectivity index (χ1) is 3.06. The zero-order valence-electron chi connectivity index (χ0n) is 4.37. The van der Waals surface area contributed by atoms with E-state index in [1.165, 1.54) is 0 Å². The molecule has 0 aromatic heterocycles. The molecule has 8 heavy (non-hydrogen) atoms. The summed E-state index contributed by atoms with van der Waals surface area (Å²) in [7, 11) is 0. The number of hydrogen-bond acceptors (Lipinski definition) is 1. The minimum atomic E-state index is -4.85. The van der Waals surface area contributed by atoms with Crippen LogP contribution in [0, 0.1) is 11.3 Å². The molecule has 0 aromatic rings. The van der Waals surface area contributed by atoms with Gasteiger partial charge in [-0.15, -0.1) is 0 Å². The van der Waals surface area contributed by atoms with E-state index >= 15 is 0 Å². The minimum Gasteiger partial charge on any atom is -0.448 e. The largest absolute Gasteiger partial charge is 1.00 e. The summed E-state index contributed by atoms with van der Waals surface area (Å²) < 4.78 is 32.7. The summed E-state index contributed by atoms with van der Waals surface area (Å²) in [5.41, 5.74) is 0. The first kappa shape index (κ1) is 11.7. The van der Waals surface area contributed by atoms with Gasteiger partial charge in [0.05, 0.1) is 0 Å². The summed E-state index contributed by atoms with van der Waals surface area (Å²) >= 11 is 0. The topological polar surface area (TPSA) is 23.8 Å². The average Bonchev–Trinajstić information content (AvgIpc) is 1.30. The van der Waals surface area contributed by atoms with Crippen molar-refractivity contribution >= 4 is 6.98 Å². The first-order valence-electron chi connectivity index (χ1n) is 1.64. The van der Waals surface area contributed by atoms with Crippen LogP contribution in [0.25, 0.3) is 0 Å². The summed E-state index contributed by atoms with van der Waals surface area (Å²) in [5.74, 6) is 0. The van der Waals surface area contributed by atoms with Gasteiger partial charge in [-0.05, 0) is 0 Å². The van der Waals surface area contributed by atoms with E-state index in [1.54, 1.807) is 0 Å². The third-order valence-corrected chi connectivity index (χ3v) is 0.323. The van der Waals surface area contributed by atoms with E-state index in [2.05, 4.69) is 0 Å². The van der Waals surface area contributed by atoms with Gasteiger partial charge in [-0.2, -0.15) is 0 Å². The fraction of sp³-hybridized carbons (Fsp3) is 0.500. The van der Waals surface area contributed by atoms with Gasteiger partial charge in [0, 0.05) is 12.4 Å². The van der Waals surface area contributed by atoms with Crippen LogP contribution in [-0.2, 0) is 0 Å². The van der Waals surface area contributed by atoms with E-state index < -0.39 is 13.3 Å². The van der Waals surface area contributed by atoms with Crippen molar-refractivity contribution in [3.05, 3.63) is 0 Å². The van der Waals surface area contributed by atoms with E-state index in [-0.39, 0.29) is 51.4 Å². The number of halogens is 3. The Morgan fingerprint density at radius 2 is 1.75 bits per heavy atom. The van der Waals surface area contributed by atoms with Gasteiger partial charge in [0.25, 0.3) is 0 Å². The molecule has 0 aliphatic carbocycles. The monoisotopic (exact) mass is 147 g/mol. The molecule has 0 heterocycles. The van der Waals surface area contributed by atoms with Crippen molar-refractivity contribution in [2.45, 2.75) is 6.32 Å². The third-order valence-electron chi connectivity index (χ3n) is 0.323. The molecule has 0 saturated carbocycles. The van der Waals surface area contributed by atoms with Crippen molar-refractivity contribution < 1.29 is 64.3 Å². The van der Waals surface area contributed by atoms with E-state index in [1.807, 2.05) is 0 Å². The van der Waals surface area contributed by atoms with Crippen LogP contribution in [0.4, 0.5) is 12.9 Å². The quantitative estimate of drug-likeness (QED) is 0.408. The van der Waals surface area contributed by atoms with Crippen molar-refractivity contribution in [3.8, 4) is 6.07 Å². The number of hydrogen-bond donors (Lipinski definition) is 0. The molecule has 0 rings (SSSR count). The van der Waals surface area contributed by atoms with Crippen molar-refractivity contribution in [2.24, 2.45) is 0 Å². The Balaban J connectivity index is 0. The van der Waals surface area contributed by atoms with Gasteiger partial charge in [-0.25, -0.2) is 5.26 Å². The van der Waals surface area contributed by atoms with Gasteiger partial charge < -0.3 is 12.9 Å². The number of rotatable bonds is 1. The van der Waals surface area contributed by atoms with Crippen LogP contribution in [0.5, 0.6) is 0 Å². The standard InChI is InChI=1S/C2H2BF3N.K/c4-3(5,6)1-2-7;/h1H2;/q-1;+1. The Hall–Kier alpha value is 0.981. The molecule has 0 aromatic carbocycles. The second-order valence-corrected chi connectivity index (χ2v) is 1.07. The summed E-state index contributed by atoms with van der Waals surface area (Å²) in [6, 6.07) is 1.01. The molecule has 0 aliphatic rings. The fourth-order valence-electron chi connectivity index (χ4n) is 0.104. The normalized spacial score (nSPS) is 9.25. The molecule has 40 valence electrons. The Kier molecular flexibility index (Phi) is 7.08. The summed E-state index contributed by atoms with van der Waals surface area (Å²) in [6.07, 6.45) is -1.29. The predicted molar refractivity (Wildman–Crippen MR) is 19.5 cm³/mol. The van der Waals surface area contributed by atoms with Crippen LogP contribution >= 0.6 is 0 Å².